The summed E-state index contributed by atoms with van der Waals surface area (Å²) in [6.45, 7) is 0.806. The molecule has 2 rings (SSSR count). The minimum atomic E-state index is 0.344. The van der Waals surface area contributed by atoms with E-state index < -0.39 is 0 Å². The van der Waals surface area contributed by atoms with Crippen molar-refractivity contribution in [2.45, 2.75) is 24.7 Å². The largest absolute Gasteiger partial charge is 0.330 e. The molecule has 1 aromatic heterocycles. The van der Waals surface area contributed by atoms with Gasteiger partial charge in [0.15, 0.2) is 0 Å². The molecule has 1 aliphatic carbocycles. The van der Waals surface area contributed by atoms with Crippen LogP contribution in [0.3, 0.4) is 0 Å². The fourth-order valence-corrected chi connectivity index (χ4v) is 3.45. The Labute approximate surface area is 85.1 Å². The molecule has 1 aromatic rings. The maximum atomic E-state index is 5.80. The van der Waals surface area contributed by atoms with Crippen LogP contribution in [0.5, 0.6) is 0 Å². The molecule has 0 bridgehead atoms. The molecule has 66 valence electrons. The van der Waals surface area contributed by atoms with Gasteiger partial charge in [-0.2, -0.15) is 0 Å². The van der Waals surface area contributed by atoms with Crippen LogP contribution in [0.25, 0.3) is 0 Å². The Morgan fingerprint density at radius 1 is 1.58 bits per heavy atom. The standard InChI is InChI=1S/C9H12BrNS/c10-7-4-8(12-5-7)9(6-11)2-1-3-9/h4-5H,1-3,6,11H2. The summed E-state index contributed by atoms with van der Waals surface area (Å²) in [6.07, 6.45) is 3.89. The average molecular weight is 246 g/mol. The molecule has 1 aliphatic rings. The van der Waals surface area contributed by atoms with E-state index in [0.717, 1.165) is 6.54 Å². The van der Waals surface area contributed by atoms with Crippen molar-refractivity contribution in [3.63, 3.8) is 0 Å². The second-order valence-electron chi connectivity index (χ2n) is 3.47. The lowest BCUT2D eigenvalue weighted by atomic mass is 9.68. The molecule has 1 nitrogen and oxygen atoms in total. The molecule has 0 amide bonds. The van der Waals surface area contributed by atoms with Gasteiger partial charge in [0.25, 0.3) is 0 Å². The first-order chi connectivity index (χ1) is 5.77. The highest BCUT2D eigenvalue weighted by Gasteiger charge is 2.38. The Balaban J connectivity index is 2.27. The Morgan fingerprint density at radius 2 is 2.33 bits per heavy atom. The summed E-state index contributed by atoms with van der Waals surface area (Å²) in [5.74, 6) is 0. The molecule has 3 heteroatoms. The van der Waals surface area contributed by atoms with Crippen molar-refractivity contribution >= 4 is 27.3 Å². The molecular weight excluding hydrogens is 234 g/mol. The quantitative estimate of drug-likeness (QED) is 0.853. The van der Waals surface area contributed by atoms with Crippen LogP contribution in [0.1, 0.15) is 24.1 Å². The summed E-state index contributed by atoms with van der Waals surface area (Å²) in [7, 11) is 0. The smallest absolute Gasteiger partial charge is 0.0285 e. The molecule has 1 saturated carbocycles. The summed E-state index contributed by atoms with van der Waals surface area (Å²) in [4.78, 5) is 1.46. The highest BCUT2D eigenvalue weighted by molar-refractivity contribution is 9.10. The lowest BCUT2D eigenvalue weighted by Gasteiger charge is -2.40. The third-order valence-corrected chi connectivity index (χ3v) is 4.73. The minimum absolute atomic E-state index is 0.344. The van der Waals surface area contributed by atoms with Crippen molar-refractivity contribution in [2.24, 2.45) is 5.73 Å². The van der Waals surface area contributed by atoms with Crippen LogP contribution in [0.2, 0.25) is 0 Å². The van der Waals surface area contributed by atoms with Gasteiger partial charge in [-0.15, -0.1) is 11.3 Å². The molecule has 0 atom stereocenters. The summed E-state index contributed by atoms with van der Waals surface area (Å²) < 4.78 is 1.20. The zero-order valence-corrected chi connectivity index (χ0v) is 9.25. The van der Waals surface area contributed by atoms with Crippen LogP contribution in [-0.4, -0.2) is 6.54 Å². The molecular formula is C9H12BrNS. The van der Waals surface area contributed by atoms with E-state index in [-0.39, 0.29) is 0 Å². The summed E-state index contributed by atoms with van der Waals surface area (Å²) in [5.41, 5.74) is 6.15. The highest BCUT2D eigenvalue weighted by atomic mass is 79.9. The predicted octanol–water partition coefficient (Wildman–Crippen LogP) is 2.89. The molecule has 0 aliphatic heterocycles. The third kappa shape index (κ3) is 1.24. The second kappa shape index (κ2) is 3.13. The van der Waals surface area contributed by atoms with Gasteiger partial charge in [0.05, 0.1) is 0 Å². The van der Waals surface area contributed by atoms with E-state index in [1.807, 2.05) is 11.3 Å². The lowest BCUT2D eigenvalue weighted by Crippen LogP contribution is -2.40. The Hall–Kier alpha value is 0.140. The van der Waals surface area contributed by atoms with Crippen molar-refractivity contribution in [3.05, 3.63) is 20.8 Å². The van der Waals surface area contributed by atoms with Gasteiger partial charge in [0.2, 0.25) is 0 Å². The normalized spacial score (nSPS) is 20.5. The number of rotatable bonds is 2. The van der Waals surface area contributed by atoms with Gasteiger partial charge in [-0.3, -0.25) is 0 Å². The SMILES string of the molecule is NCC1(c2cc(Br)cs2)CCC1. The van der Waals surface area contributed by atoms with E-state index in [2.05, 4.69) is 27.4 Å². The first-order valence-corrected chi connectivity index (χ1v) is 5.89. The van der Waals surface area contributed by atoms with Crippen molar-refractivity contribution in [1.29, 1.82) is 0 Å². The van der Waals surface area contributed by atoms with Crippen LogP contribution in [-0.2, 0) is 5.41 Å². The zero-order chi connectivity index (χ0) is 8.60. The van der Waals surface area contributed by atoms with Gasteiger partial charge >= 0.3 is 0 Å². The fraction of sp³-hybridized carbons (Fsp3) is 0.556. The summed E-state index contributed by atoms with van der Waals surface area (Å²) >= 11 is 5.31. The van der Waals surface area contributed by atoms with Crippen LogP contribution >= 0.6 is 27.3 Å². The van der Waals surface area contributed by atoms with E-state index in [4.69, 9.17) is 5.73 Å². The lowest BCUT2D eigenvalue weighted by molar-refractivity contribution is 0.258. The van der Waals surface area contributed by atoms with E-state index in [9.17, 15) is 0 Å². The highest BCUT2D eigenvalue weighted by Crippen LogP contribution is 2.45. The molecule has 0 radical (unpaired) electrons. The van der Waals surface area contributed by atoms with Crippen LogP contribution in [0.15, 0.2) is 15.9 Å². The van der Waals surface area contributed by atoms with Crippen molar-refractivity contribution in [3.8, 4) is 0 Å². The predicted molar refractivity (Wildman–Crippen MR) is 56.6 cm³/mol. The van der Waals surface area contributed by atoms with Crippen molar-refractivity contribution in [1.82, 2.24) is 0 Å². The molecule has 2 N–H and O–H groups in total. The molecule has 12 heavy (non-hydrogen) atoms. The van der Waals surface area contributed by atoms with Gasteiger partial charge in [0, 0.05) is 26.7 Å². The van der Waals surface area contributed by atoms with E-state index in [0.29, 0.717) is 5.41 Å². The summed E-state index contributed by atoms with van der Waals surface area (Å²) in [6, 6.07) is 2.22. The molecule has 0 spiro atoms. The monoisotopic (exact) mass is 245 g/mol. The zero-order valence-electron chi connectivity index (χ0n) is 6.85. The molecule has 0 saturated heterocycles. The molecule has 0 unspecified atom stereocenters. The van der Waals surface area contributed by atoms with E-state index in [1.165, 1.54) is 28.6 Å². The number of nitrogens with two attached hydrogens (primary N) is 1. The molecule has 1 heterocycles. The Morgan fingerprint density at radius 3 is 2.67 bits per heavy atom. The number of thiophene rings is 1. The minimum Gasteiger partial charge on any atom is -0.330 e. The number of hydrogen-bond acceptors (Lipinski definition) is 2. The van der Waals surface area contributed by atoms with Crippen LogP contribution in [0.4, 0.5) is 0 Å². The maximum absolute atomic E-state index is 5.80. The Kier molecular flexibility index (Phi) is 2.27. The van der Waals surface area contributed by atoms with Crippen molar-refractivity contribution < 1.29 is 0 Å². The summed E-state index contributed by atoms with van der Waals surface area (Å²) in [5, 5.41) is 2.14. The average Bonchev–Trinajstić information content (AvgIpc) is 2.35. The van der Waals surface area contributed by atoms with Gasteiger partial charge in [-0.1, -0.05) is 6.42 Å². The first kappa shape index (κ1) is 8.73. The van der Waals surface area contributed by atoms with Gasteiger partial charge in [-0.05, 0) is 34.8 Å². The van der Waals surface area contributed by atoms with E-state index >= 15 is 0 Å². The van der Waals surface area contributed by atoms with Crippen molar-refractivity contribution in [2.75, 3.05) is 6.54 Å². The topological polar surface area (TPSA) is 26.0 Å². The van der Waals surface area contributed by atoms with Crippen LogP contribution in [0, 0.1) is 0 Å². The van der Waals surface area contributed by atoms with Gasteiger partial charge in [-0.25, -0.2) is 0 Å². The fourth-order valence-electron chi connectivity index (χ4n) is 1.75. The van der Waals surface area contributed by atoms with Gasteiger partial charge < -0.3 is 5.73 Å². The van der Waals surface area contributed by atoms with Crippen LogP contribution < -0.4 is 5.73 Å². The van der Waals surface area contributed by atoms with Gasteiger partial charge in [0.1, 0.15) is 0 Å². The molecule has 0 aromatic carbocycles. The van der Waals surface area contributed by atoms with E-state index in [1.54, 1.807) is 0 Å². The third-order valence-electron chi connectivity index (χ3n) is 2.79. The first-order valence-electron chi connectivity index (χ1n) is 4.21. The second-order valence-corrected chi connectivity index (χ2v) is 5.29. The maximum Gasteiger partial charge on any atom is 0.0285 e. The number of hydrogen-bond donors (Lipinski definition) is 1. The molecule has 1 fully saturated rings. The number of halogens is 1. The Bertz CT molecular complexity index is 272.